The summed E-state index contributed by atoms with van der Waals surface area (Å²) in [5.74, 6) is 0.985. The Balaban J connectivity index is 1.61. The molecular weight excluding hydrogens is 254 g/mol. The van der Waals surface area contributed by atoms with Gasteiger partial charge in [0.05, 0.1) is 16.8 Å². The van der Waals surface area contributed by atoms with E-state index in [2.05, 4.69) is 40.0 Å². The molecule has 0 radical (unpaired) electrons. The van der Waals surface area contributed by atoms with Crippen LogP contribution in [-0.4, -0.2) is 16.2 Å². The number of hydrogen-bond donors (Lipinski definition) is 2. The van der Waals surface area contributed by atoms with Gasteiger partial charge in [0.15, 0.2) is 0 Å². The molecule has 0 aromatic carbocycles. The summed E-state index contributed by atoms with van der Waals surface area (Å²) >= 11 is 1.76. The maximum atomic E-state index is 4.20. The molecule has 3 nitrogen and oxygen atoms in total. The molecule has 1 saturated carbocycles. The van der Waals surface area contributed by atoms with Crippen molar-refractivity contribution in [3.8, 4) is 10.6 Å². The minimum Gasteiger partial charge on any atom is -0.310 e. The van der Waals surface area contributed by atoms with Gasteiger partial charge in [-0.25, -0.2) is 0 Å². The van der Waals surface area contributed by atoms with E-state index in [9.17, 15) is 0 Å². The number of aromatic amines is 1. The monoisotopic (exact) mass is 275 g/mol. The number of H-pyrrole nitrogens is 1. The molecule has 0 spiro atoms. The molecule has 3 rings (SSSR count). The Bertz CT molecular complexity index is 499. The van der Waals surface area contributed by atoms with Crippen molar-refractivity contribution in [2.45, 2.75) is 45.2 Å². The highest BCUT2D eigenvalue weighted by Crippen LogP contribution is 2.34. The minimum atomic E-state index is 0.651. The number of aromatic nitrogens is 2. The molecule has 0 aliphatic heterocycles. The molecule has 2 N–H and O–H groups in total. The smallest absolute Gasteiger partial charge is 0.0794 e. The zero-order valence-electron chi connectivity index (χ0n) is 11.4. The van der Waals surface area contributed by atoms with Gasteiger partial charge in [-0.15, -0.1) is 11.3 Å². The van der Waals surface area contributed by atoms with E-state index in [1.807, 2.05) is 6.20 Å². The van der Waals surface area contributed by atoms with Crippen LogP contribution >= 0.6 is 11.3 Å². The van der Waals surface area contributed by atoms with Crippen LogP contribution in [0.1, 0.15) is 38.2 Å². The summed E-state index contributed by atoms with van der Waals surface area (Å²) in [6.45, 7) is 3.19. The molecule has 1 unspecified atom stereocenters. The van der Waals surface area contributed by atoms with Gasteiger partial charge in [-0.1, -0.05) is 25.8 Å². The van der Waals surface area contributed by atoms with E-state index in [1.54, 1.807) is 11.3 Å². The third-order valence-corrected chi connectivity index (χ3v) is 4.76. The minimum absolute atomic E-state index is 0.651. The van der Waals surface area contributed by atoms with Crippen molar-refractivity contribution < 1.29 is 0 Å². The highest BCUT2D eigenvalue weighted by molar-refractivity contribution is 7.13. The van der Waals surface area contributed by atoms with Crippen LogP contribution in [-0.2, 0) is 6.54 Å². The van der Waals surface area contributed by atoms with Gasteiger partial charge < -0.3 is 5.32 Å². The molecule has 1 atom stereocenters. The number of nitrogens with one attached hydrogen (secondary N) is 2. The topological polar surface area (TPSA) is 40.7 Å². The van der Waals surface area contributed by atoms with Crippen LogP contribution in [0.15, 0.2) is 23.7 Å². The molecule has 1 aliphatic carbocycles. The first kappa shape index (κ1) is 12.9. The lowest BCUT2D eigenvalue weighted by molar-refractivity contribution is 0.445. The molecule has 1 fully saturated rings. The summed E-state index contributed by atoms with van der Waals surface area (Å²) in [4.78, 5) is 1.27. The zero-order valence-corrected chi connectivity index (χ0v) is 12.2. The number of hydrogen-bond acceptors (Lipinski definition) is 3. The highest BCUT2D eigenvalue weighted by atomic mass is 32.1. The van der Waals surface area contributed by atoms with E-state index in [0.29, 0.717) is 6.04 Å². The average molecular weight is 275 g/mol. The first-order chi connectivity index (χ1) is 9.36. The summed E-state index contributed by atoms with van der Waals surface area (Å²) in [5, 5.41) is 13.1. The largest absolute Gasteiger partial charge is 0.310 e. The van der Waals surface area contributed by atoms with E-state index in [-0.39, 0.29) is 0 Å². The lowest BCUT2D eigenvalue weighted by Crippen LogP contribution is -2.28. The normalized spacial score (nSPS) is 16.7. The highest BCUT2D eigenvalue weighted by Gasteiger charge is 2.24. The Kier molecular flexibility index (Phi) is 3.99. The van der Waals surface area contributed by atoms with Crippen LogP contribution in [0.4, 0.5) is 0 Å². The average Bonchev–Trinajstić information content (AvgIpc) is 2.94. The van der Waals surface area contributed by atoms with Gasteiger partial charge in [-0.05, 0) is 30.2 Å². The molecule has 2 aromatic rings. The Morgan fingerprint density at radius 3 is 3.11 bits per heavy atom. The van der Waals surface area contributed by atoms with Crippen LogP contribution < -0.4 is 5.32 Å². The van der Waals surface area contributed by atoms with Crippen LogP contribution in [0.5, 0.6) is 0 Å². The van der Waals surface area contributed by atoms with Gasteiger partial charge in [0.1, 0.15) is 0 Å². The fraction of sp³-hybridized carbons (Fsp3) is 0.533. The maximum absolute atomic E-state index is 4.20. The second kappa shape index (κ2) is 5.88. The summed E-state index contributed by atoms with van der Waals surface area (Å²) in [5.41, 5.74) is 2.44. The quantitative estimate of drug-likeness (QED) is 0.806. The van der Waals surface area contributed by atoms with E-state index >= 15 is 0 Å². The molecule has 0 amide bonds. The predicted molar refractivity (Wildman–Crippen MR) is 80.2 cm³/mol. The molecule has 2 aromatic heterocycles. The first-order valence-corrected chi connectivity index (χ1v) is 8.04. The third-order valence-electron chi connectivity index (χ3n) is 3.87. The Morgan fingerprint density at radius 2 is 2.42 bits per heavy atom. The molecular formula is C15H21N3S. The first-order valence-electron chi connectivity index (χ1n) is 7.16. The number of rotatable bonds is 7. The van der Waals surface area contributed by atoms with Crippen molar-refractivity contribution in [2.75, 3.05) is 0 Å². The van der Waals surface area contributed by atoms with Gasteiger partial charge in [0.25, 0.3) is 0 Å². The maximum Gasteiger partial charge on any atom is 0.0794 e. The van der Waals surface area contributed by atoms with Crippen molar-refractivity contribution in [3.63, 3.8) is 0 Å². The lowest BCUT2D eigenvalue weighted by atomic mass is 10.1. The fourth-order valence-electron chi connectivity index (χ4n) is 2.48. The predicted octanol–water partition coefficient (Wildman–Crippen LogP) is 3.81. The Morgan fingerprint density at radius 1 is 1.53 bits per heavy atom. The third kappa shape index (κ3) is 3.25. The lowest BCUT2D eigenvalue weighted by Gasteiger charge is -2.16. The molecule has 102 valence electrons. The SMILES string of the molecule is CCC(CC1CC1)NCc1cn[nH]c1-c1cccs1. The molecule has 4 heteroatoms. The van der Waals surface area contributed by atoms with E-state index < -0.39 is 0 Å². The van der Waals surface area contributed by atoms with Gasteiger partial charge in [-0.3, -0.25) is 5.10 Å². The van der Waals surface area contributed by atoms with Crippen LogP contribution in [0.3, 0.4) is 0 Å². The van der Waals surface area contributed by atoms with Crippen molar-refractivity contribution >= 4 is 11.3 Å². The number of thiophene rings is 1. The Labute approximate surface area is 118 Å². The summed E-state index contributed by atoms with van der Waals surface area (Å²) in [6.07, 6.45) is 7.37. The van der Waals surface area contributed by atoms with Crippen molar-refractivity contribution in [2.24, 2.45) is 5.92 Å². The van der Waals surface area contributed by atoms with Crippen LogP contribution in [0, 0.1) is 5.92 Å². The Hall–Kier alpha value is -1.13. The molecule has 19 heavy (non-hydrogen) atoms. The molecule has 1 aliphatic rings. The van der Waals surface area contributed by atoms with Crippen LogP contribution in [0.2, 0.25) is 0 Å². The van der Waals surface area contributed by atoms with Gasteiger partial charge in [0.2, 0.25) is 0 Å². The van der Waals surface area contributed by atoms with Crippen LogP contribution in [0.25, 0.3) is 10.6 Å². The zero-order chi connectivity index (χ0) is 13.1. The van der Waals surface area contributed by atoms with Crippen molar-refractivity contribution in [3.05, 3.63) is 29.3 Å². The summed E-state index contributed by atoms with van der Waals surface area (Å²) in [7, 11) is 0. The molecule has 2 heterocycles. The van der Waals surface area contributed by atoms with E-state index in [4.69, 9.17) is 0 Å². The van der Waals surface area contributed by atoms with Crippen molar-refractivity contribution in [1.82, 2.24) is 15.5 Å². The standard InChI is InChI=1S/C15H21N3S/c1-2-13(8-11-5-6-11)16-9-12-10-17-18-15(12)14-4-3-7-19-14/h3-4,7,10-11,13,16H,2,5-6,8-9H2,1H3,(H,17,18). The van der Waals surface area contributed by atoms with Crippen molar-refractivity contribution in [1.29, 1.82) is 0 Å². The number of nitrogens with zero attached hydrogens (tertiary/aromatic N) is 1. The second-order valence-corrected chi connectivity index (χ2v) is 6.36. The molecule has 0 bridgehead atoms. The fourth-order valence-corrected chi connectivity index (χ4v) is 3.24. The summed E-state index contributed by atoms with van der Waals surface area (Å²) in [6, 6.07) is 4.88. The summed E-state index contributed by atoms with van der Waals surface area (Å²) < 4.78 is 0. The molecule has 0 saturated heterocycles. The second-order valence-electron chi connectivity index (χ2n) is 5.41. The van der Waals surface area contributed by atoms with Gasteiger partial charge >= 0.3 is 0 Å². The van der Waals surface area contributed by atoms with Gasteiger partial charge in [0, 0.05) is 18.2 Å². The van der Waals surface area contributed by atoms with E-state index in [0.717, 1.165) is 12.5 Å². The van der Waals surface area contributed by atoms with E-state index in [1.165, 1.54) is 41.8 Å². The van der Waals surface area contributed by atoms with Gasteiger partial charge in [-0.2, -0.15) is 5.10 Å².